The molecule has 0 bridgehead atoms. The summed E-state index contributed by atoms with van der Waals surface area (Å²) in [6.45, 7) is 9.02. The molecule has 0 radical (unpaired) electrons. The zero-order valence-corrected chi connectivity index (χ0v) is 10.6. The molecule has 0 spiro atoms. The van der Waals surface area contributed by atoms with Gasteiger partial charge in [0.05, 0.1) is 17.6 Å². The molecule has 1 atom stereocenters. The average Bonchev–Trinajstić information content (AvgIpc) is 2.65. The molecule has 0 saturated heterocycles. The lowest BCUT2D eigenvalue weighted by molar-refractivity contribution is -0.124. The molecule has 1 aliphatic rings. The maximum absolute atomic E-state index is 12.0. The molecule has 1 rings (SSSR count). The van der Waals surface area contributed by atoms with Gasteiger partial charge in [0.1, 0.15) is 5.78 Å². The Morgan fingerprint density at radius 3 is 2.50 bits per heavy atom. The van der Waals surface area contributed by atoms with E-state index in [1.807, 2.05) is 0 Å². The van der Waals surface area contributed by atoms with Crippen molar-refractivity contribution in [3.05, 3.63) is 37.0 Å². The van der Waals surface area contributed by atoms with E-state index in [1.54, 1.807) is 25.2 Å². The van der Waals surface area contributed by atoms with Crippen LogP contribution in [0.15, 0.2) is 37.0 Å². The van der Waals surface area contributed by atoms with E-state index < -0.39 is 10.8 Å². The first-order valence-corrected chi connectivity index (χ1v) is 5.79. The summed E-state index contributed by atoms with van der Waals surface area (Å²) in [5.74, 6) is 0.0383. The van der Waals surface area contributed by atoms with Crippen LogP contribution in [0.1, 0.15) is 26.2 Å². The maximum Gasteiger partial charge on any atom is 0.169 e. The van der Waals surface area contributed by atoms with Gasteiger partial charge in [0.25, 0.3) is 0 Å². The van der Waals surface area contributed by atoms with Gasteiger partial charge in [0.2, 0.25) is 0 Å². The number of hydrogen-bond donors (Lipinski definition) is 0. The van der Waals surface area contributed by atoms with Crippen molar-refractivity contribution in [3.8, 4) is 12.1 Å². The molecule has 1 aliphatic carbocycles. The van der Waals surface area contributed by atoms with Crippen molar-refractivity contribution in [3.63, 3.8) is 0 Å². The number of carbonyl (C=O) groups excluding carboxylic acids is 1. The molecule has 0 heterocycles. The minimum Gasteiger partial charge on any atom is -0.298 e. The molecule has 3 nitrogen and oxygen atoms in total. The third kappa shape index (κ3) is 1.89. The summed E-state index contributed by atoms with van der Waals surface area (Å²) in [7, 11) is 0. The minimum absolute atomic E-state index is 0.0383. The third-order valence-corrected chi connectivity index (χ3v) is 3.55. The second-order valence-electron chi connectivity index (χ2n) is 4.69. The van der Waals surface area contributed by atoms with Crippen LogP contribution in [0.2, 0.25) is 0 Å². The third-order valence-electron chi connectivity index (χ3n) is 3.55. The number of Topliss-reactive ketones (excluding diaryl/α,β-unsaturated/α-hetero) is 1. The zero-order valence-electron chi connectivity index (χ0n) is 10.6. The van der Waals surface area contributed by atoms with E-state index in [0.29, 0.717) is 12.0 Å². The van der Waals surface area contributed by atoms with Gasteiger partial charge in [-0.3, -0.25) is 4.79 Å². The Labute approximate surface area is 108 Å². The summed E-state index contributed by atoms with van der Waals surface area (Å²) in [6, 6.07) is 4.11. The molecular formula is C15H16N2O. The molecule has 1 unspecified atom stereocenters. The lowest BCUT2D eigenvalue weighted by atomic mass is 9.66. The van der Waals surface area contributed by atoms with Gasteiger partial charge in [-0.1, -0.05) is 18.2 Å². The lowest BCUT2D eigenvalue weighted by Crippen LogP contribution is -2.33. The highest BCUT2D eigenvalue weighted by atomic mass is 16.1. The van der Waals surface area contributed by atoms with Crippen LogP contribution in [0.25, 0.3) is 0 Å². The van der Waals surface area contributed by atoms with Crippen molar-refractivity contribution in [2.24, 2.45) is 10.8 Å². The Morgan fingerprint density at radius 2 is 2.06 bits per heavy atom. The highest BCUT2D eigenvalue weighted by Gasteiger charge is 2.49. The summed E-state index contributed by atoms with van der Waals surface area (Å²) in [5.41, 5.74) is -1.47. The number of hydrogen-bond acceptors (Lipinski definition) is 3. The number of nitrogens with zero attached hydrogens (tertiary/aromatic N) is 2. The molecule has 0 aromatic heterocycles. The summed E-state index contributed by atoms with van der Waals surface area (Å²) >= 11 is 0. The van der Waals surface area contributed by atoms with Crippen LogP contribution in [-0.4, -0.2) is 5.78 Å². The number of ketones is 1. The predicted octanol–water partition coefficient (Wildman–Crippen LogP) is 3.08. The molecule has 0 aromatic rings. The highest BCUT2D eigenvalue weighted by molar-refractivity contribution is 5.93. The van der Waals surface area contributed by atoms with Crippen molar-refractivity contribution in [1.29, 1.82) is 10.5 Å². The normalized spacial score (nSPS) is 22.8. The largest absolute Gasteiger partial charge is 0.298 e. The molecule has 0 aliphatic heterocycles. The summed E-state index contributed by atoms with van der Waals surface area (Å²) in [6.07, 6.45) is 5.88. The number of nitriles is 2. The Morgan fingerprint density at radius 1 is 1.44 bits per heavy atom. The van der Waals surface area contributed by atoms with Gasteiger partial charge in [-0.2, -0.15) is 10.5 Å². The van der Waals surface area contributed by atoms with Gasteiger partial charge < -0.3 is 0 Å². The Balaban J connectivity index is 3.34. The molecule has 18 heavy (non-hydrogen) atoms. The standard InChI is InChI=1S/C15H16N2O/c1-4-8-14(3)12(6-7-13(14)18)15(10-16,11-17)9-5-2/h4-6H,1-2,7-9H2,3H3. The van der Waals surface area contributed by atoms with Crippen molar-refractivity contribution in [2.75, 3.05) is 0 Å². The molecular weight excluding hydrogens is 224 g/mol. The molecule has 3 heteroatoms. The van der Waals surface area contributed by atoms with Crippen LogP contribution in [-0.2, 0) is 4.79 Å². The van der Waals surface area contributed by atoms with Crippen LogP contribution in [0.4, 0.5) is 0 Å². The number of carbonyl (C=O) groups is 1. The van der Waals surface area contributed by atoms with E-state index in [4.69, 9.17) is 0 Å². The second-order valence-corrected chi connectivity index (χ2v) is 4.69. The first kappa shape index (κ1) is 13.9. The highest BCUT2D eigenvalue weighted by Crippen LogP contribution is 2.49. The van der Waals surface area contributed by atoms with Gasteiger partial charge in [-0.15, -0.1) is 13.2 Å². The summed E-state index contributed by atoms with van der Waals surface area (Å²) in [4.78, 5) is 12.0. The van der Waals surface area contributed by atoms with Crippen LogP contribution < -0.4 is 0 Å². The molecule has 0 amide bonds. The predicted molar refractivity (Wildman–Crippen MR) is 69.1 cm³/mol. The topological polar surface area (TPSA) is 64.7 Å². The van der Waals surface area contributed by atoms with Crippen molar-refractivity contribution < 1.29 is 4.79 Å². The van der Waals surface area contributed by atoms with Gasteiger partial charge in [0, 0.05) is 12.8 Å². The van der Waals surface area contributed by atoms with Gasteiger partial charge >= 0.3 is 0 Å². The van der Waals surface area contributed by atoms with E-state index in [-0.39, 0.29) is 18.6 Å². The van der Waals surface area contributed by atoms with Gasteiger partial charge in [0.15, 0.2) is 5.41 Å². The van der Waals surface area contributed by atoms with E-state index in [9.17, 15) is 15.3 Å². The van der Waals surface area contributed by atoms with E-state index in [2.05, 4.69) is 25.3 Å². The van der Waals surface area contributed by atoms with Crippen molar-refractivity contribution in [2.45, 2.75) is 26.2 Å². The van der Waals surface area contributed by atoms with Crippen molar-refractivity contribution in [1.82, 2.24) is 0 Å². The van der Waals surface area contributed by atoms with E-state index >= 15 is 0 Å². The summed E-state index contributed by atoms with van der Waals surface area (Å²) in [5, 5.41) is 18.7. The first-order valence-electron chi connectivity index (χ1n) is 5.79. The lowest BCUT2D eigenvalue weighted by Gasteiger charge is -2.31. The molecule has 92 valence electrons. The SMILES string of the molecule is C=CCC(C#N)(C#N)C1=CCC(=O)C1(C)CC=C. The van der Waals surface area contributed by atoms with E-state index in [0.717, 1.165) is 0 Å². The monoisotopic (exact) mass is 240 g/mol. The van der Waals surface area contributed by atoms with Gasteiger partial charge in [-0.25, -0.2) is 0 Å². The second kappa shape index (κ2) is 5.02. The fourth-order valence-electron chi connectivity index (χ4n) is 2.52. The molecule has 0 N–H and O–H groups in total. The minimum atomic E-state index is -1.29. The average molecular weight is 240 g/mol. The zero-order chi connectivity index (χ0) is 13.8. The first-order chi connectivity index (χ1) is 8.50. The number of allylic oxidation sites excluding steroid dienone is 4. The van der Waals surface area contributed by atoms with Crippen LogP contribution in [0, 0.1) is 33.5 Å². The molecule has 0 fully saturated rings. The maximum atomic E-state index is 12.0. The van der Waals surface area contributed by atoms with Crippen LogP contribution in [0.3, 0.4) is 0 Å². The number of rotatable bonds is 5. The fourth-order valence-corrected chi connectivity index (χ4v) is 2.52. The molecule has 0 saturated carbocycles. The fraction of sp³-hybridized carbons (Fsp3) is 0.400. The quantitative estimate of drug-likeness (QED) is 0.693. The summed E-state index contributed by atoms with van der Waals surface area (Å²) < 4.78 is 0. The van der Waals surface area contributed by atoms with E-state index in [1.165, 1.54) is 0 Å². The van der Waals surface area contributed by atoms with Crippen LogP contribution in [0.5, 0.6) is 0 Å². The van der Waals surface area contributed by atoms with Gasteiger partial charge in [-0.05, 0) is 18.9 Å². The Kier molecular flexibility index (Phi) is 3.89. The molecule has 0 aromatic carbocycles. The van der Waals surface area contributed by atoms with Crippen LogP contribution >= 0.6 is 0 Å². The van der Waals surface area contributed by atoms with Crippen molar-refractivity contribution >= 4 is 5.78 Å². The smallest absolute Gasteiger partial charge is 0.169 e. The Bertz CT molecular complexity index is 488. The Hall–Kier alpha value is -2.13.